The first kappa shape index (κ1) is 22.9. The lowest BCUT2D eigenvalue weighted by atomic mass is 10.1. The van der Waals surface area contributed by atoms with E-state index in [0.29, 0.717) is 5.75 Å². The van der Waals surface area contributed by atoms with Gasteiger partial charge in [-0.25, -0.2) is 0 Å². The van der Waals surface area contributed by atoms with E-state index >= 15 is 0 Å². The molecule has 10 heteroatoms. The highest BCUT2D eigenvalue weighted by atomic mass is 32.2. The second-order valence-corrected chi connectivity index (χ2v) is 6.21. The summed E-state index contributed by atoms with van der Waals surface area (Å²) >= 11 is 1.41. The number of rotatable bonds is 13. The summed E-state index contributed by atoms with van der Waals surface area (Å²) in [6.45, 7) is 1.45. The van der Waals surface area contributed by atoms with Crippen molar-refractivity contribution in [1.29, 1.82) is 0 Å². The largest absolute Gasteiger partial charge is 0.480 e. The van der Waals surface area contributed by atoms with E-state index in [1.165, 1.54) is 11.8 Å². The van der Waals surface area contributed by atoms with Crippen molar-refractivity contribution in [3.63, 3.8) is 0 Å². The zero-order chi connectivity index (χ0) is 19.2. The van der Waals surface area contributed by atoms with Gasteiger partial charge < -0.3 is 26.6 Å². The number of hydrogen-bond donors (Lipinski definition) is 5. The number of carboxylic acids is 2. The molecular weight excluding hydrogens is 350 g/mol. The summed E-state index contributed by atoms with van der Waals surface area (Å²) in [5.41, 5.74) is 5.33. The van der Waals surface area contributed by atoms with Gasteiger partial charge in [-0.1, -0.05) is 19.1 Å². The van der Waals surface area contributed by atoms with E-state index in [4.69, 9.17) is 15.9 Å². The molecule has 0 bridgehead atoms. The molecule has 25 heavy (non-hydrogen) atoms. The molecule has 0 aromatic rings. The van der Waals surface area contributed by atoms with Gasteiger partial charge in [0.25, 0.3) is 0 Å². The Hall–Kier alpha value is -2.07. The molecule has 0 spiro atoms. The number of allylic oxidation sites excluding steroid dienone is 1. The number of amides is 2. The molecule has 0 saturated carbocycles. The second-order valence-electron chi connectivity index (χ2n) is 5.13. The van der Waals surface area contributed by atoms with Gasteiger partial charge in [0.15, 0.2) is 0 Å². The van der Waals surface area contributed by atoms with Gasteiger partial charge in [-0.3, -0.25) is 19.2 Å². The highest BCUT2D eigenvalue weighted by Crippen LogP contribution is 2.05. The maximum absolute atomic E-state index is 12.0. The van der Waals surface area contributed by atoms with Crippen LogP contribution in [-0.4, -0.2) is 64.1 Å². The third-order valence-electron chi connectivity index (χ3n) is 2.97. The van der Waals surface area contributed by atoms with Crippen LogP contribution >= 0.6 is 11.8 Å². The summed E-state index contributed by atoms with van der Waals surface area (Å²) in [5.74, 6) is -2.61. The number of nitrogens with one attached hydrogen (secondary N) is 2. The summed E-state index contributed by atoms with van der Waals surface area (Å²) in [6, 6.07) is -2.06. The fourth-order valence-corrected chi connectivity index (χ4v) is 2.51. The molecule has 0 radical (unpaired) electrons. The third-order valence-corrected chi connectivity index (χ3v) is 3.96. The second kappa shape index (κ2) is 13.2. The molecule has 0 rings (SSSR count). The van der Waals surface area contributed by atoms with E-state index in [9.17, 15) is 19.2 Å². The topological polar surface area (TPSA) is 159 Å². The molecule has 2 atom stereocenters. The molecule has 0 aliphatic carbocycles. The summed E-state index contributed by atoms with van der Waals surface area (Å²) in [6.07, 6.45) is 4.60. The normalized spacial score (nSPS) is 13.2. The lowest BCUT2D eigenvalue weighted by Gasteiger charge is -2.18. The van der Waals surface area contributed by atoms with E-state index < -0.39 is 42.4 Å². The van der Waals surface area contributed by atoms with Crippen LogP contribution in [0.4, 0.5) is 0 Å². The van der Waals surface area contributed by atoms with Crippen LogP contribution in [0.3, 0.4) is 0 Å². The molecule has 2 amide bonds. The molecule has 9 nitrogen and oxygen atoms in total. The van der Waals surface area contributed by atoms with Crippen molar-refractivity contribution in [1.82, 2.24) is 10.6 Å². The lowest BCUT2D eigenvalue weighted by molar-refractivity contribution is -0.139. The monoisotopic (exact) mass is 375 g/mol. The van der Waals surface area contributed by atoms with Crippen LogP contribution < -0.4 is 16.4 Å². The Labute approximate surface area is 150 Å². The Kier molecular flexibility index (Phi) is 12.1. The molecule has 0 aliphatic rings. The average molecular weight is 375 g/mol. The number of nitrogens with two attached hydrogens (primary N) is 1. The first-order chi connectivity index (χ1) is 11.8. The summed E-state index contributed by atoms with van der Waals surface area (Å²) in [7, 11) is 0. The predicted octanol–water partition coefficient (Wildman–Crippen LogP) is -0.436. The maximum atomic E-state index is 12.0. The van der Waals surface area contributed by atoms with Gasteiger partial charge >= 0.3 is 11.9 Å². The van der Waals surface area contributed by atoms with Gasteiger partial charge in [0, 0.05) is 17.9 Å². The van der Waals surface area contributed by atoms with Gasteiger partial charge in [-0.2, -0.15) is 11.8 Å². The van der Waals surface area contributed by atoms with Crippen molar-refractivity contribution in [2.24, 2.45) is 5.73 Å². The van der Waals surface area contributed by atoms with Crippen LogP contribution in [0, 0.1) is 0 Å². The SMILES string of the molecule is CC/C=C/CSC[C@H](NC(=O)CC[C@H](N)C(=O)O)C(=O)NCC(=O)O. The number of aliphatic carboxylic acids is 2. The highest BCUT2D eigenvalue weighted by Gasteiger charge is 2.22. The van der Waals surface area contributed by atoms with Crippen molar-refractivity contribution in [3.05, 3.63) is 12.2 Å². The van der Waals surface area contributed by atoms with Gasteiger partial charge in [0.1, 0.15) is 18.6 Å². The predicted molar refractivity (Wildman–Crippen MR) is 94.2 cm³/mol. The van der Waals surface area contributed by atoms with Crippen LogP contribution in [0.2, 0.25) is 0 Å². The van der Waals surface area contributed by atoms with Gasteiger partial charge in [0.2, 0.25) is 11.8 Å². The van der Waals surface area contributed by atoms with E-state index in [2.05, 4.69) is 10.6 Å². The van der Waals surface area contributed by atoms with Crippen LogP contribution in [0.15, 0.2) is 12.2 Å². The molecule has 142 valence electrons. The quantitative estimate of drug-likeness (QED) is 0.214. The molecule has 0 heterocycles. The lowest BCUT2D eigenvalue weighted by Crippen LogP contribution is -2.49. The standard InChI is InChI=1S/C15H25N3O6S/c1-2-3-4-7-25-9-11(14(22)17-8-13(20)21)18-12(19)6-5-10(16)15(23)24/h3-4,10-11H,2,5-9,16H2,1H3,(H,17,22)(H,18,19)(H,20,21)(H,23,24)/b4-3+/t10-,11-/m0/s1. The number of carbonyl (C=O) groups excluding carboxylic acids is 2. The van der Waals surface area contributed by atoms with Crippen molar-refractivity contribution in [2.75, 3.05) is 18.1 Å². The third kappa shape index (κ3) is 12.0. The fraction of sp³-hybridized carbons (Fsp3) is 0.600. The number of hydrogen-bond acceptors (Lipinski definition) is 6. The minimum Gasteiger partial charge on any atom is -0.480 e. The summed E-state index contributed by atoms with van der Waals surface area (Å²) in [5, 5.41) is 22.0. The molecule has 0 aromatic heterocycles. The smallest absolute Gasteiger partial charge is 0.322 e. The summed E-state index contributed by atoms with van der Waals surface area (Å²) in [4.78, 5) is 45.1. The molecule has 0 saturated heterocycles. The van der Waals surface area contributed by atoms with Gasteiger partial charge in [-0.15, -0.1) is 0 Å². The molecular formula is C15H25N3O6S. The molecule has 0 aromatic carbocycles. The molecule has 0 fully saturated rings. The Morgan fingerprint density at radius 1 is 1.20 bits per heavy atom. The van der Waals surface area contributed by atoms with Crippen LogP contribution in [-0.2, 0) is 19.2 Å². The van der Waals surface area contributed by atoms with E-state index in [-0.39, 0.29) is 18.6 Å². The van der Waals surface area contributed by atoms with E-state index in [0.717, 1.165) is 6.42 Å². The fourth-order valence-electron chi connectivity index (χ4n) is 1.63. The minimum absolute atomic E-state index is 0.0585. The highest BCUT2D eigenvalue weighted by molar-refractivity contribution is 7.99. The van der Waals surface area contributed by atoms with Crippen molar-refractivity contribution in [2.45, 2.75) is 38.3 Å². The van der Waals surface area contributed by atoms with Crippen molar-refractivity contribution < 1.29 is 29.4 Å². The molecule has 0 aliphatic heterocycles. The minimum atomic E-state index is -1.21. The Morgan fingerprint density at radius 2 is 1.88 bits per heavy atom. The van der Waals surface area contributed by atoms with Gasteiger partial charge in [0.05, 0.1) is 0 Å². The molecule has 0 unspecified atom stereocenters. The maximum Gasteiger partial charge on any atom is 0.322 e. The van der Waals surface area contributed by atoms with E-state index in [1.807, 2.05) is 19.1 Å². The number of carboxylic acid groups (broad SMARTS) is 2. The van der Waals surface area contributed by atoms with Crippen molar-refractivity contribution >= 4 is 35.5 Å². The average Bonchev–Trinajstić information content (AvgIpc) is 2.55. The van der Waals surface area contributed by atoms with Gasteiger partial charge in [-0.05, 0) is 12.8 Å². The van der Waals surface area contributed by atoms with Crippen molar-refractivity contribution in [3.8, 4) is 0 Å². The first-order valence-electron chi connectivity index (χ1n) is 7.77. The summed E-state index contributed by atoms with van der Waals surface area (Å²) < 4.78 is 0. The Balaban J connectivity index is 4.56. The first-order valence-corrected chi connectivity index (χ1v) is 8.93. The Bertz CT molecular complexity index is 498. The van der Waals surface area contributed by atoms with Crippen LogP contribution in [0.1, 0.15) is 26.2 Å². The van der Waals surface area contributed by atoms with Crippen LogP contribution in [0.5, 0.6) is 0 Å². The zero-order valence-corrected chi connectivity index (χ0v) is 14.9. The Morgan fingerprint density at radius 3 is 2.44 bits per heavy atom. The number of thioether (sulfide) groups is 1. The van der Waals surface area contributed by atoms with Crippen LogP contribution in [0.25, 0.3) is 0 Å². The van der Waals surface area contributed by atoms with E-state index in [1.54, 1.807) is 0 Å². The number of carbonyl (C=O) groups is 4. The molecule has 6 N–H and O–H groups in total. The zero-order valence-electron chi connectivity index (χ0n) is 14.1.